The van der Waals surface area contributed by atoms with E-state index in [0.717, 1.165) is 38.5 Å². The van der Waals surface area contributed by atoms with Crippen LogP contribution in [-0.2, 0) is 38.2 Å². The highest BCUT2D eigenvalue weighted by Gasteiger charge is 2.37. The van der Waals surface area contributed by atoms with E-state index >= 15 is 0 Å². The fourth-order valence-electron chi connectivity index (χ4n) is 5.58. The molecular weight excluding hydrogens is 646 g/mol. The molecule has 0 aliphatic heterocycles. The van der Waals surface area contributed by atoms with Crippen LogP contribution in [0.3, 0.4) is 0 Å². The number of carboxylic acid groups (broad SMARTS) is 4. The van der Waals surface area contributed by atoms with E-state index in [1.807, 2.05) is 13.8 Å². The zero-order chi connectivity index (χ0) is 37.7. The molecule has 284 valence electrons. The van der Waals surface area contributed by atoms with Gasteiger partial charge in [0.2, 0.25) is 0 Å². The number of aliphatic hydroxyl groups is 2. The second-order valence-corrected chi connectivity index (χ2v) is 13.4. The van der Waals surface area contributed by atoms with Crippen LogP contribution < -0.4 is 5.73 Å². The Hall–Kier alpha value is -3.30. The van der Waals surface area contributed by atoms with Crippen LogP contribution in [0.15, 0.2) is 0 Å². The highest BCUT2D eigenvalue weighted by Crippen LogP contribution is 2.29. The molecule has 0 aliphatic rings. The van der Waals surface area contributed by atoms with Gasteiger partial charge in [-0.1, -0.05) is 65.7 Å². The Morgan fingerprint density at radius 2 is 1.12 bits per heavy atom. The third-order valence-corrected chi connectivity index (χ3v) is 8.60. The van der Waals surface area contributed by atoms with Crippen molar-refractivity contribution in [2.45, 2.75) is 154 Å². The number of unbranched alkanes of at least 4 members (excludes halogenated alkanes) is 4. The molecule has 0 bridgehead atoms. The number of hydrogen-bond donors (Lipinski definition) is 7. The van der Waals surface area contributed by atoms with Crippen molar-refractivity contribution in [1.29, 1.82) is 0 Å². The van der Waals surface area contributed by atoms with Crippen LogP contribution in [0.25, 0.3) is 0 Å². The largest absolute Gasteiger partial charge is 0.481 e. The fraction of sp³-hybridized carbons (Fsp3) is 0.824. The predicted octanol–water partition coefficient (Wildman–Crippen LogP) is 3.59. The van der Waals surface area contributed by atoms with Gasteiger partial charge in [-0.15, -0.1) is 0 Å². The van der Waals surface area contributed by atoms with Crippen molar-refractivity contribution in [2.75, 3.05) is 0 Å². The Labute approximate surface area is 288 Å². The van der Waals surface area contributed by atoms with Crippen LogP contribution in [0.4, 0.5) is 0 Å². The van der Waals surface area contributed by atoms with E-state index in [4.69, 9.17) is 25.4 Å². The van der Waals surface area contributed by atoms with E-state index in [1.54, 1.807) is 13.8 Å². The molecule has 0 heterocycles. The highest BCUT2D eigenvalue weighted by atomic mass is 16.6. The lowest BCUT2D eigenvalue weighted by molar-refractivity contribution is -0.177. The Kier molecular flexibility index (Phi) is 23.1. The summed E-state index contributed by atoms with van der Waals surface area (Å²) in [6, 6.07) is -0.432. The molecule has 15 nitrogen and oxygen atoms in total. The van der Waals surface area contributed by atoms with Gasteiger partial charge in [0.15, 0.2) is 0 Å². The number of aliphatic hydroxyl groups excluding tert-OH is 2. The van der Waals surface area contributed by atoms with E-state index < -0.39 is 110 Å². The number of carbonyl (C=O) groups excluding carboxylic acids is 2. The van der Waals surface area contributed by atoms with Crippen LogP contribution in [0.5, 0.6) is 0 Å². The maximum atomic E-state index is 13.0. The molecule has 0 aliphatic carbocycles. The van der Waals surface area contributed by atoms with Crippen LogP contribution >= 0.6 is 0 Å². The molecule has 0 saturated carbocycles. The molecule has 0 fully saturated rings. The summed E-state index contributed by atoms with van der Waals surface area (Å²) in [7, 11) is 0. The van der Waals surface area contributed by atoms with E-state index in [0.29, 0.717) is 19.3 Å². The van der Waals surface area contributed by atoms with Crippen molar-refractivity contribution < 1.29 is 68.9 Å². The number of rotatable bonds is 29. The zero-order valence-corrected chi connectivity index (χ0v) is 29.3. The number of esters is 2. The second-order valence-electron chi connectivity index (χ2n) is 13.4. The summed E-state index contributed by atoms with van der Waals surface area (Å²) >= 11 is 0. The normalized spacial score (nSPS) is 17.0. The molecule has 0 radical (unpaired) electrons. The molecule has 49 heavy (non-hydrogen) atoms. The van der Waals surface area contributed by atoms with Gasteiger partial charge in [0.25, 0.3) is 0 Å². The number of hydrogen-bond acceptors (Lipinski definition) is 11. The first-order chi connectivity index (χ1) is 22.9. The fourth-order valence-corrected chi connectivity index (χ4v) is 5.58. The van der Waals surface area contributed by atoms with Crippen molar-refractivity contribution in [2.24, 2.45) is 29.4 Å². The Balaban J connectivity index is 5.84. The summed E-state index contributed by atoms with van der Waals surface area (Å²) in [6.07, 6.45) is 0.203. The van der Waals surface area contributed by atoms with Crippen molar-refractivity contribution in [3.8, 4) is 0 Å². The summed E-state index contributed by atoms with van der Waals surface area (Å²) in [6.45, 7) is 7.31. The molecule has 0 rings (SSSR count). The first-order valence-corrected chi connectivity index (χ1v) is 17.3. The standard InChI is InChI=1S/C34H59NO14/c1-5-6-12-21(3)32(49-31(43)18-24(34(46)47)16-29(40)41)27(48-30(42)17-23(33(44)45)15-28(38)39)14-20(2)11-9-7-8-10-13-25(36)19-26(37)22(4)35/h20-27,32,36-37H,5-19,35H2,1-4H3,(H,38,39)(H,40,41)(H,44,45)(H,46,47)/t20-,21+,22-,23-,24+,25+,26-,27-,32+/m0/s1. The number of nitrogens with two attached hydrogens (primary N) is 1. The van der Waals surface area contributed by atoms with Gasteiger partial charge in [-0.25, -0.2) is 0 Å². The molecule has 0 aromatic rings. The van der Waals surface area contributed by atoms with Crippen LogP contribution in [0.1, 0.15) is 124 Å². The Morgan fingerprint density at radius 3 is 1.57 bits per heavy atom. The van der Waals surface area contributed by atoms with Gasteiger partial charge >= 0.3 is 35.8 Å². The maximum Gasteiger partial charge on any atom is 0.307 e. The monoisotopic (exact) mass is 705 g/mol. The molecular formula is C34H59NO14. The minimum absolute atomic E-state index is 0.0859. The van der Waals surface area contributed by atoms with E-state index in [-0.39, 0.29) is 18.8 Å². The molecule has 15 heteroatoms. The van der Waals surface area contributed by atoms with Crippen LogP contribution in [-0.4, -0.2) is 96.9 Å². The lowest BCUT2D eigenvalue weighted by Gasteiger charge is -2.33. The van der Waals surface area contributed by atoms with E-state index in [2.05, 4.69) is 0 Å². The number of aliphatic carboxylic acids is 4. The predicted molar refractivity (Wildman–Crippen MR) is 176 cm³/mol. The van der Waals surface area contributed by atoms with Crippen molar-refractivity contribution in [3.05, 3.63) is 0 Å². The van der Waals surface area contributed by atoms with Gasteiger partial charge in [-0.2, -0.15) is 0 Å². The van der Waals surface area contributed by atoms with Gasteiger partial charge in [-0.3, -0.25) is 28.8 Å². The zero-order valence-electron chi connectivity index (χ0n) is 29.3. The summed E-state index contributed by atoms with van der Waals surface area (Å²) in [5.74, 6) is -11.3. The van der Waals surface area contributed by atoms with Crippen molar-refractivity contribution >= 4 is 35.8 Å². The number of carbonyl (C=O) groups is 6. The number of carboxylic acids is 4. The van der Waals surface area contributed by atoms with Crippen LogP contribution in [0, 0.1) is 23.7 Å². The summed E-state index contributed by atoms with van der Waals surface area (Å²) in [5.41, 5.74) is 5.64. The van der Waals surface area contributed by atoms with Gasteiger partial charge in [-0.05, 0) is 38.0 Å². The third kappa shape index (κ3) is 21.4. The van der Waals surface area contributed by atoms with Crippen LogP contribution in [0.2, 0.25) is 0 Å². The first-order valence-electron chi connectivity index (χ1n) is 17.3. The van der Waals surface area contributed by atoms with Gasteiger partial charge in [0.1, 0.15) is 12.2 Å². The third-order valence-electron chi connectivity index (χ3n) is 8.60. The quantitative estimate of drug-likeness (QED) is 0.0433. The second kappa shape index (κ2) is 24.8. The lowest BCUT2D eigenvalue weighted by Crippen LogP contribution is -2.42. The van der Waals surface area contributed by atoms with Crippen molar-refractivity contribution in [3.63, 3.8) is 0 Å². The molecule has 0 unspecified atom stereocenters. The average Bonchev–Trinajstić information content (AvgIpc) is 2.98. The average molecular weight is 706 g/mol. The molecule has 8 N–H and O–H groups in total. The topological polar surface area (TPSA) is 268 Å². The minimum Gasteiger partial charge on any atom is -0.481 e. The summed E-state index contributed by atoms with van der Waals surface area (Å²) in [4.78, 5) is 71.6. The molecule has 0 spiro atoms. The molecule has 9 atom stereocenters. The SMILES string of the molecule is CCCC[C@@H](C)[C@@H](OC(=O)C[C@@H](CC(=O)O)C(=O)O)[C@H](C[C@@H](C)CCCCCC[C@@H](O)C[C@H](O)[C@H](C)N)OC(=O)C[C@H](CC(=O)O)C(=O)O. The van der Waals surface area contributed by atoms with Gasteiger partial charge in [0, 0.05) is 12.5 Å². The molecule has 0 aromatic heterocycles. The smallest absolute Gasteiger partial charge is 0.307 e. The Bertz CT molecular complexity index is 1030. The van der Waals surface area contributed by atoms with E-state index in [1.165, 1.54) is 0 Å². The molecule has 0 amide bonds. The van der Waals surface area contributed by atoms with Crippen molar-refractivity contribution in [1.82, 2.24) is 0 Å². The molecule has 0 saturated heterocycles. The van der Waals surface area contributed by atoms with Gasteiger partial charge < -0.3 is 45.8 Å². The Morgan fingerprint density at radius 1 is 0.633 bits per heavy atom. The first kappa shape index (κ1) is 45.7. The molecule has 0 aromatic carbocycles. The minimum atomic E-state index is -1.55. The number of ether oxygens (including phenoxy) is 2. The highest BCUT2D eigenvalue weighted by molar-refractivity contribution is 5.83. The lowest BCUT2D eigenvalue weighted by atomic mass is 9.87. The summed E-state index contributed by atoms with van der Waals surface area (Å²) < 4.78 is 11.5. The summed E-state index contributed by atoms with van der Waals surface area (Å²) in [5, 5.41) is 57.0. The van der Waals surface area contributed by atoms with Gasteiger partial charge in [0.05, 0.1) is 49.7 Å². The maximum absolute atomic E-state index is 13.0. The van der Waals surface area contributed by atoms with E-state index in [9.17, 15) is 49.2 Å².